The van der Waals surface area contributed by atoms with Gasteiger partial charge in [-0.25, -0.2) is 4.79 Å². The molecule has 0 bridgehead atoms. The molecule has 1 atom stereocenters. The van der Waals surface area contributed by atoms with Crippen LogP contribution in [0.1, 0.15) is 18.5 Å². The quantitative estimate of drug-likeness (QED) is 0.683. The number of rotatable bonds is 4. The van der Waals surface area contributed by atoms with Gasteiger partial charge >= 0.3 is 12.3 Å². The van der Waals surface area contributed by atoms with Crippen LogP contribution in [0.2, 0.25) is 0 Å². The molecule has 9 heteroatoms. The minimum Gasteiger partial charge on any atom is -0.440 e. The Kier molecular flexibility index (Phi) is 4.89. The fourth-order valence-electron chi connectivity index (χ4n) is 1.36. The van der Waals surface area contributed by atoms with Gasteiger partial charge in [0.25, 0.3) is 5.69 Å². The molecule has 1 unspecified atom stereocenters. The Morgan fingerprint density at radius 2 is 2.15 bits per heavy atom. The Hall–Kier alpha value is -2.32. The number of carbonyl (C=O) groups is 1. The van der Waals surface area contributed by atoms with E-state index in [1.54, 1.807) is 0 Å². The number of hydrogen-bond acceptors (Lipinski definition) is 4. The number of nitro benzene ring substituents is 1. The first kappa shape index (κ1) is 15.7. The highest BCUT2D eigenvalue weighted by atomic mass is 19.4. The summed E-state index contributed by atoms with van der Waals surface area (Å²) in [6.45, 7) is -0.228. The number of nitrogens with one attached hydrogen (secondary N) is 1. The van der Waals surface area contributed by atoms with Crippen LogP contribution in [0.5, 0.6) is 0 Å². The standard InChI is InChI=1S/C11H11F3N2O4/c1-7(15-10(17)20-6-11(12,13)14)8-3-2-4-9(5-8)16(18)19/h2-5,7H,6H2,1H3,(H,15,17). The number of halogens is 3. The first-order valence-corrected chi connectivity index (χ1v) is 5.43. The Morgan fingerprint density at radius 3 is 2.70 bits per heavy atom. The zero-order valence-electron chi connectivity index (χ0n) is 10.3. The lowest BCUT2D eigenvalue weighted by Crippen LogP contribution is -2.30. The molecule has 0 fully saturated rings. The van der Waals surface area contributed by atoms with Crippen LogP contribution in [0.25, 0.3) is 0 Å². The molecule has 0 aliphatic heterocycles. The van der Waals surface area contributed by atoms with Crippen molar-refractivity contribution in [3.63, 3.8) is 0 Å². The number of non-ortho nitro benzene ring substituents is 1. The highest BCUT2D eigenvalue weighted by Gasteiger charge is 2.29. The van der Waals surface area contributed by atoms with Gasteiger partial charge in [-0.15, -0.1) is 0 Å². The van der Waals surface area contributed by atoms with Crippen molar-refractivity contribution in [2.24, 2.45) is 0 Å². The van der Waals surface area contributed by atoms with E-state index < -0.39 is 29.8 Å². The molecule has 0 aliphatic rings. The van der Waals surface area contributed by atoms with Gasteiger partial charge in [0.2, 0.25) is 0 Å². The molecule has 1 aromatic carbocycles. The summed E-state index contributed by atoms with van der Waals surface area (Å²) in [6, 6.07) is 4.66. The van der Waals surface area contributed by atoms with Gasteiger partial charge in [0.05, 0.1) is 11.0 Å². The van der Waals surface area contributed by atoms with E-state index in [-0.39, 0.29) is 5.69 Å². The van der Waals surface area contributed by atoms with Crippen molar-refractivity contribution < 1.29 is 27.6 Å². The van der Waals surface area contributed by atoms with Crippen LogP contribution in [0.3, 0.4) is 0 Å². The van der Waals surface area contributed by atoms with Crippen molar-refractivity contribution in [3.8, 4) is 0 Å². The van der Waals surface area contributed by atoms with E-state index in [1.807, 2.05) is 0 Å². The van der Waals surface area contributed by atoms with Crippen LogP contribution in [-0.4, -0.2) is 23.8 Å². The largest absolute Gasteiger partial charge is 0.440 e. The van der Waals surface area contributed by atoms with Gasteiger partial charge in [0.15, 0.2) is 6.61 Å². The lowest BCUT2D eigenvalue weighted by Gasteiger charge is -2.15. The molecule has 0 heterocycles. The van der Waals surface area contributed by atoms with Gasteiger partial charge in [-0.2, -0.15) is 13.2 Å². The van der Waals surface area contributed by atoms with Crippen molar-refractivity contribution in [1.82, 2.24) is 5.32 Å². The van der Waals surface area contributed by atoms with Gasteiger partial charge in [-0.3, -0.25) is 10.1 Å². The third kappa shape index (κ3) is 5.12. The van der Waals surface area contributed by atoms with Crippen LogP contribution in [-0.2, 0) is 4.74 Å². The molecule has 6 nitrogen and oxygen atoms in total. The molecule has 0 saturated carbocycles. The molecule has 1 aromatic rings. The van der Waals surface area contributed by atoms with Gasteiger partial charge in [0.1, 0.15) is 0 Å². The topological polar surface area (TPSA) is 81.5 Å². The van der Waals surface area contributed by atoms with Crippen LogP contribution in [0.4, 0.5) is 23.7 Å². The van der Waals surface area contributed by atoms with E-state index in [2.05, 4.69) is 10.1 Å². The first-order valence-electron chi connectivity index (χ1n) is 5.43. The molecular formula is C11H11F3N2O4. The Balaban J connectivity index is 2.62. The van der Waals surface area contributed by atoms with Gasteiger partial charge in [-0.05, 0) is 12.5 Å². The summed E-state index contributed by atoms with van der Waals surface area (Å²) in [7, 11) is 0. The fraction of sp³-hybridized carbons (Fsp3) is 0.364. The fourth-order valence-corrected chi connectivity index (χ4v) is 1.36. The summed E-state index contributed by atoms with van der Waals surface area (Å²) in [6.07, 6.45) is -5.85. The molecule has 0 saturated heterocycles. The van der Waals surface area contributed by atoms with E-state index >= 15 is 0 Å². The maximum absolute atomic E-state index is 11.8. The van der Waals surface area contributed by atoms with E-state index in [0.29, 0.717) is 5.56 Å². The van der Waals surface area contributed by atoms with E-state index in [9.17, 15) is 28.1 Å². The van der Waals surface area contributed by atoms with E-state index in [1.165, 1.54) is 31.2 Å². The number of benzene rings is 1. The average molecular weight is 292 g/mol. The van der Waals surface area contributed by atoms with Crippen molar-refractivity contribution in [2.45, 2.75) is 19.1 Å². The maximum atomic E-state index is 11.8. The third-order valence-corrected chi connectivity index (χ3v) is 2.28. The van der Waals surface area contributed by atoms with Crippen molar-refractivity contribution in [1.29, 1.82) is 0 Å². The molecule has 0 spiro atoms. The Labute approximate surface area is 111 Å². The number of carbonyl (C=O) groups excluding carboxylic acids is 1. The first-order chi connectivity index (χ1) is 9.19. The molecule has 110 valence electrons. The molecule has 1 N–H and O–H groups in total. The van der Waals surface area contributed by atoms with Crippen LogP contribution in [0.15, 0.2) is 24.3 Å². The number of amides is 1. The second-order valence-corrected chi connectivity index (χ2v) is 3.91. The molecule has 1 amide bonds. The second kappa shape index (κ2) is 6.22. The smallest absolute Gasteiger partial charge is 0.422 e. The Bertz CT molecular complexity index is 505. The normalized spacial score (nSPS) is 12.6. The number of ether oxygens (including phenoxy) is 1. The lowest BCUT2D eigenvalue weighted by atomic mass is 10.1. The molecule has 0 aliphatic carbocycles. The molecular weight excluding hydrogens is 281 g/mol. The number of alkyl halides is 3. The number of nitro groups is 1. The minimum absolute atomic E-state index is 0.181. The summed E-state index contributed by atoms with van der Waals surface area (Å²) in [4.78, 5) is 21.1. The predicted octanol–water partition coefficient (Wildman–Crippen LogP) is 2.94. The summed E-state index contributed by atoms with van der Waals surface area (Å²) >= 11 is 0. The Morgan fingerprint density at radius 1 is 1.50 bits per heavy atom. The van der Waals surface area contributed by atoms with Crippen molar-refractivity contribution >= 4 is 11.8 Å². The summed E-state index contributed by atoms with van der Waals surface area (Å²) < 4.78 is 39.5. The third-order valence-electron chi connectivity index (χ3n) is 2.28. The minimum atomic E-state index is -4.61. The second-order valence-electron chi connectivity index (χ2n) is 3.91. The molecule has 0 aromatic heterocycles. The van der Waals surface area contributed by atoms with E-state index in [4.69, 9.17) is 0 Å². The zero-order valence-corrected chi connectivity index (χ0v) is 10.3. The molecule has 1 rings (SSSR count). The monoisotopic (exact) mass is 292 g/mol. The van der Waals surface area contributed by atoms with Crippen LogP contribution in [0, 0.1) is 10.1 Å². The summed E-state index contributed by atoms with van der Waals surface area (Å²) in [5.74, 6) is 0. The van der Waals surface area contributed by atoms with Gasteiger partial charge in [0, 0.05) is 12.1 Å². The summed E-state index contributed by atoms with van der Waals surface area (Å²) in [5, 5.41) is 12.7. The molecule has 0 radical (unpaired) electrons. The summed E-state index contributed by atoms with van der Waals surface area (Å²) in [5.41, 5.74) is 0.197. The predicted molar refractivity (Wildman–Crippen MR) is 62.1 cm³/mol. The zero-order chi connectivity index (χ0) is 15.3. The number of nitrogens with zero attached hydrogens (tertiary/aromatic N) is 1. The average Bonchev–Trinajstić information content (AvgIpc) is 2.35. The van der Waals surface area contributed by atoms with Crippen LogP contribution < -0.4 is 5.32 Å². The maximum Gasteiger partial charge on any atom is 0.422 e. The molecule has 20 heavy (non-hydrogen) atoms. The SMILES string of the molecule is CC(NC(=O)OCC(F)(F)F)c1cccc([N+](=O)[O-])c1. The van der Waals surface area contributed by atoms with Crippen molar-refractivity contribution in [2.75, 3.05) is 6.61 Å². The number of alkyl carbamates (subject to hydrolysis) is 1. The van der Waals surface area contributed by atoms with Gasteiger partial charge < -0.3 is 10.1 Å². The van der Waals surface area contributed by atoms with Crippen molar-refractivity contribution in [3.05, 3.63) is 39.9 Å². The van der Waals surface area contributed by atoms with Crippen LogP contribution >= 0.6 is 0 Å². The highest BCUT2D eigenvalue weighted by molar-refractivity contribution is 5.67. The highest BCUT2D eigenvalue weighted by Crippen LogP contribution is 2.19. The number of hydrogen-bond donors (Lipinski definition) is 1. The van der Waals surface area contributed by atoms with E-state index in [0.717, 1.165) is 0 Å². The van der Waals surface area contributed by atoms with Gasteiger partial charge in [-0.1, -0.05) is 12.1 Å². The lowest BCUT2D eigenvalue weighted by molar-refractivity contribution is -0.384.